The topological polar surface area (TPSA) is 67.6 Å². The zero-order valence-corrected chi connectivity index (χ0v) is 13.6. The van der Waals surface area contributed by atoms with Crippen LogP contribution in [0.1, 0.15) is 27.7 Å². The zero-order chi connectivity index (χ0) is 16.0. The highest BCUT2D eigenvalue weighted by atomic mass is 16.5. The number of rotatable bonds is 7. The number of methoxy groups -OCH3 is 1. The second-order valence-corrected chi connectivity index (χ2v) is 5.61. The summed E-state index contributed by atoms with van der Waals surface area (Å²) in [5, 5.41) is 2.90. The molecule has 0 spiro atoms. The Morgan fingerprint density at radius 1 is 1.38 bits per heavy atom. The molecule has 1 amide bonds. The number of nitrogens with two attached hydrogens (primary N) is 1. The first kappa shape index (κ1) is 17.3. The third kappa shape index (κ3) is 4.93. The van der Waals surface area contributed by atoms with Crippen molar-refractivity contribution in [2.45, 2.75) is 33.7 Å². The van der Waals surface area contributed by atoms with E-state index in [-0.39, 0.29) is 11.9 Å². The average Bonchev–Trinajstić information content (AvgIpc) is 2.44. The number of ether oxygens (including phenoxy) is 1. The fraction of sp³-hybridized carbons (Fsp3) is 0.562. The van der Waals surface area contributed by atoms with Gasteiger partial charge >= 0.3 is 0 Å². The molecule has 0 fully saturated rings. The van der Waals surface area contributed by atoms with Crippen LogP contribution in [0.15, 0.2) is 18.2 Å². The SMILES string of the molecule is CCN(CC(C)C)C(C)C(=O)Nc1cc(N)ccc1OC. The maximum atomic E-state index is 12.4. The molecule has 0 bridgehead atoms. The van der Waals surface area contributed by atoms with Crippen LogP contribution in [-0.4, -0.2) is 37.0 Å². The Morgan fingerprint density at radius 2 is 2.05 bits per heavy atom. The first-order valence-electron chi connectivity index (χ1n) is 7.37. The van der Waals surface area contributed by atoms with Gasteiger partial charge in [-0.25, -0.2) is 0 Å². The van der Waals surface area contributed by atoms with E-state index in [0.29, 0.717) is 23.0 Å². The molecular weight excluding hydrogens is 266 g/mol. The van der Waals surface area contributed by atoms with E-state index in [2.05, 4.69) is 31.0 Å². The molecule has 1 rings (SSSR count). The second kappa shape index (κ2) is 7.88. The summed E-state index contributed by atoms with van der Waals surface area (Å²) in [6.45, 7) is 10.00. The van der Waals surface area contributed by atoms with E-state index in [4.69, 9.17) is 10.5 Å². The van der Waals surface area contributed by atoms with Crippen molar-refractivity contribution >= 4 is 17.3 Å². The summed E-state index contributed by atoms with van der Waals surface area (Å²) in [7, 11) is 1.57. The number of likely N-dealkylation sites (N-methyl/N-ethyl adjacent to an activating group) is 1. The summed E-state index contributed by atoms with van der Waals surface area (Å²) in [5.74, 6) is 1.07. The zero-order valence-electron chi connectivity index (χ0n) is 13.6. The van der Waals surface area contributed by atoms with Crippen LogP contribution in [0, 0.1) is 5.92 Å². The maximum Gasteiger partial charge on any atom is 0.241 e. The van der Waals surface area contributed by atoms with Crippen molar-refractivity contribution in [1.29, 1.82) is 0 Å². The first-order chi connectivity index (χ1) is 9.88. The van der Waals surface area contributed by atoms with E-state index in [1.807, 2.05) is 6.92 Å². The van der Waals surface area contributed by atoms with Crippen molar-refractivity contribution < 1.29 is 9.53 Å². The van der Waals surface area contributed by atoms with Crippen LogP contribution in [0.3, 0.4) is 0 Å². The third-order valence-electron chi connectivity index (χ3n) is 3.41. The lowest BCUT2D eigenvalue weighted by Crippen LogP contribution is -2.43. The lowest BCUT2D eigenvalue weighted by atomic mass is 10.1. The monoisotopic (exact) mass is 293 g/mol. The smallest absolute Gasteiger partial charge is 0.241 e. The number of anilines is 2. The van der Waals surface area contributed by atoms with Gasteiger partial charge in [0.1, 0.15) is 5.75 Å². The predicted molar refractivity (Wildman–Crippen MR) is 87.6 cm³/mol. The van der Waals surface area contributed by atoms with E-state index in [0.717, 1.165) is 13.1 Å². The highest BCUT2D eigenvalue weighted by molar-refractivity contribution is 5.96. The van der Waals surface area contributed by atoms with Crippen LogP contribution in [0.4, 0.5) is 11.4 Å². The third-order valence-corrected chi connectivity index (χ3v) is 3.41. The maximum absolute atomic E-state index is 12.4. The van der Waals surface area contributed by atoms with E-state index in [1.54, 1.807) is 25.3 Å². The fourth-order valence-corrected chi connectivity index (χ4v) is 2.26. The molecule has 118 valence electrons. The molecule has 1 aromatic rings. The summed E-state index contributed by atoms with van der Waals surface area (Å²) in [4.78, 5) is 14.6. The van der Waals surface area contributed by atoms with Gasteiger partial charge in [0, 0.05) is 12.2 Å². The highest BCUT2D eigenvalue weighted by Crippen LogP contribution is 2.26. The molecule has 21 heavy (non-hydrogen) atoms. The van der Waals surface area contributed by atoms with Crippen LogP contribution in [-0.2, 0) is 4.79 Å². The van der Waals surface area contributed by atoms with Gasteiger partial charge in [0.2, 0.25) is 5.91 Å². The van der Waals surface area contributed by atoms with Crippen molar-refractivity contribution in [1.82, 2.24) is 4.90 Å². The summed E-state index contributed by atoms with van der Waals surface area (Å²) in [6, 6.07) is 5.00. The van der Waals surface area contributed by atoms with E-state index < -0.39 is 0 Å². The molecule has 5 nitrogen and oxygen atoms in total. The van der Waals surface area contributed by atoms with Gasteiger partial charge in [0.15, 0.2) is 0 Å². The molecular formula is C16H27N3O2. The minimum atomic E-state index is -0.205. The molecule has 0 saturated heterocycles. The minimum Gasteiger partial charge on any atom is -0.495 e. The van der Waals surface area contributed by atoms with E-state index >= 15 is 0 Å². The highest BCUT2D eigenvalue weighted by Gasteiger charge is 2.21. The Balaban J connectivity index is 2.82. The molecule has 0 aliphatic rings. The van der Waals surface area contributed by atoms with Crippen molar-refractivity contribution in [3.05, 3.63) is 18.2 Å². The number of nitrogens with one attached hydrogen (secondary N) is 1. The Hall–Kier alpha value is -1.75. The Bertz CT molecular complexity index is 475. The van der Waals surface area contributed by atoms with Crippen molar-refractivity contribution in [2.75, 3.05) is 31.2 Å². The molecule has 5 heteroatoms. The quantitative estimate of drug-likeness (QED) is 0.758. The van der Waals surface area contributed by atoms with Crippen LogP contribution in [0.25, 0.3) is 0 Å². The molecule has 1 atom stereocenters. The summed E-state index contributed by atoms with van der Waals surface area (Å²) in [6.07, 6.45) is 0. The molecule has 3 N–H and O–H groups in total. The van der Waals surface area contributed by atoms with Gasteiger partial charge in [-0.05, 0) is 37.6 Å². The molecule has 0 aliphatic carbocycles. The van der Waals surface area contributed by atoms with Gasteiger partial charge in [-0.1, -0.05) is 20.8 Å². The van der Waals surface area contributed by atoms with Crippen LogP contribution >= 0.6 is 0 Å². The predicted octanol–water partition coefficient (Wildman–Crippen LogP) is 2.58. The summed E-state index contributed by atoms with van der Waals surface area (Å²) in [5.41, 5.74) is 6.97. The number of hydrogen-bond donors (Lipinski definition) is 2. The summed E-state index contributed by atoms with van der Waals surface area (Å²) < 4.78 is 5.25. The Labute approximate surface area is 127 Å². The Kier molecular flexibility index (Phi) is 6.49. The van der Waals surface area contributed by atoms with Crippen molar-refractivity contribution in [2.24, 2.45) is 5.92 Å². The standard InChI is InChI=1S/C16H27N3O2/c1-6-19(10-11(2)3)12(4)16(20)18-14-9-13(17)7-8-15(14)21-5/h7-9,11-12H,6,10,17H2,1-5H3,(H,18,20). The van der Waals surface area contributed by atoms with E-state index in [9.17, 15) is 4.79 Å². The van der Waals surface area contributed by atoms with Crippen LogP contribution in [0.5, 0.6) is 5.75 Å². The molecule has 0 saturated carbocycles. The number of amides is 1. The molecule has 0 heterocycles. The number of carbonyl (C=O) groups excluding carboxylic acids is 1. The lowest BCUT2D eigenvalue weighted by Gasteiger charge is -2.28. The molecule has 0 radical (unpaired) electrons. The molecule has 0 aliphatic heterocycles. The van der Waals surface area contributed by atoms with Gasteiger partial charge in [0.25, 0.3) is 0 Å². The second-order valence-electron chi connectivity index (χ2n) is 5.61. The number of hydrogen-bond acceptors (Lipinski definition) is 4. The van der Waals surface area contributed by atoms with Crippen LogP contribution in [0.2, 0.25) is 0 Å². The number of carbonyl (C=O) groups is 1. The minimum absolute atomic E-state index is 0.0543. The molecule has 0 aromatic heterocycles. The van der Waals surface area contributed by atoms with Gasteiger partial charge in [-0.2, -0.15) is 0 Å². The fourth-order valence-electron chi connectivity index (χ4n) is 2.26. The average molecular weight is 293 g/mol. The molecule has 1 unspecified atom stereocenters. The van der Waals surface area contributed by atoms with Gasteiger partial charge in [-0.3, -0.25) is 9.69 Å². The summed E-state index contributed by atoms with van der Waals surface area (Å²) >= 11 is 0. The van der Waals surface area contributed by atoms with Crippen molar-refractivity contribution in [3.63, 3.8) is 0 Å². The van der Waals surface area contributed by atoms with Gasteiger partial charge in [-0.15, -0.1) is 0 Å². The van der Waals surface area contributed by atoms with Gasteiger partial charge < -0.3 is 15.8 Å². The van der Waals surface area contributed by atoms with Crippen molar-refractivity contribution in [3.8, 4) is 5.75 Å². The van der Waals surface area contributed by atoms with Crippen LogP contribution < -0.4 is 15.8 Å². The Morgan fingerprint density at radius 3 is 2.57 bits per heavy atom. The number of nitrogens with zero attached hydrogens (tertiary/aromatic N) is 1. The number of benzene rings is 1. The largest absolute Gasteiger partial charge is 0.495 e. The van der Waals surface area contributed by atoms with E-state index in [1.165, 1.54) is 0 Å². The lowest BCUT2D eigenvalue weighted by molar-refractivity contribution is -0.120. The molecule has 1 aromatic carbocycles. The first-order valence-corrected chi connectivity index (χ1v) is 7.37. The number of nitrogen functional groups attached to an aromatic ring is 1. The normalized spacial score (nSPS) is 12.5. The van der Waals surface area contributed by atoms with Gasteiger partial charge in [0.05, 0.1) is 18.8 Å².